The van der Waals surface area contributed by atoms with Crippen LogP contribution in [0.3, 0.4) is 0 Å². The van der Waals surface area contributed by atoms with Crippen molar-refractivity contribution in [1.82, 2.24) is 0 Å². The van der Waals surface area contributed by atoms with Gasteiger partial charge in [0.25, 0.3) is 0 Å². The van der Waals surface area contributed by atoms with Crippen LogP contribution in [0.1, 0.15) is 19.3 Å². The van der Waals surface area contributed by atoms with Crippen molar-refractivity contribution in [2.24, 2.45) is 5.92 Å². The van der Waals surface area contributed by atoms with E-state index in [9.17, 15) is 9.59 Å². The molecule has 0 aromatic heterocycles. The van der Waals surface area contributed by atoms with Gasteiger partial charge in [0.2, 0.25) is 0 Å². The molecule has 1 unspecified atom stereocenters. The predicted molar refractivity (Wildman–Crippen MR) is 47.3 cm³/mol. The molecule has 0 radical (unpaired) electrons. The van der Waals surface area contributed by atoms with Gasteiger partial charge in [-0.3, -0.25) is 9.59 Å². The fourth-order valence-corrected chi connectivity index (χ4v) is 2.48. The molecule has 1 heterocycles. The molecule has 0 aliphatic carbocycles. The Kier molecular flexibility index (Phi) is 3.59. The smallest absolute Gasteiger partial charge is 0.303 e. The molecule has 0 bridgehead atoms. The number of hydrogen-bond acceptors (Lipinski definition) is 3. The van der Waals surface area contributed by atoms with Crippen molar-refractivity contribution in [2.45, 2.75) is 19.3 Å². The summed E-state index contributed by atoms with van der Waals surface area (Å²) in [6.45, 7) is 0. The molecule has 1 fully saturated rings. The van der Waals surface area contributed by atoms with Crippen molar-refractivity contribution in [3.8, 4) is 0 Å². The van der Waals surface area contributed by atoms with Crippen LogP contribution in [0.15, 0.2) is 0 Å². The summed E-state index contributed by atoms with van der Waals surface area (Å²) in [5.41, 5.74) is 0. The van der Waals surface area contributed by atoms with Crippen molar-refractivity contribution in [1.29, 1.82) is 0 Å². The first kappa shape index (κ1) is 9.58. The Bertz CT molecular complexity index is 185. The zero-order valence-electron chi connectivity index (χ0n) is 6.78. The lowest BCUT2D eigenvalue weighted by molar-refractivity contribution is -0.138. The summed E-state index contributed by atoms with van der Waals surface area (Å²) in [6, 6.07) is 0. The monoisotopic (exact) mass is 188 g/mol. The van der Waals surface area contributed by atoms with E-state index in [4.69, 9.17) is 5.11 Å². The van der Waals surface area contributed by atoms with Gasteiger partial charge in [0, 0.05) is 18.1 Å². The molecule has 1 saturated heterocycles. The number of thioether (sulfide) groups is 1. The number of carbonyl (C=O) groups excluding carboxylic acids is 1. The lowest BCUT2D eigenvalue weighted by atomic mass is 10.00. The van der Waals surface area contributed by atoms with Gasteiger partial charge in [-0.15, -0.1) is 0 Å². The molecule has 0 aromatic carbocycles. The van der Waals surface area contributed by atoms with Crippen molar-refractivity contribution in [3.05, 3.63) is 0 Å². The molecular formula is C8H12O3S. The first-order valence-corrected chi connectivity index (χ1v) is 5.18. The highest BCUT2D eigenvalue weighted by Crippen LogP contribution is 2.25. The van der Waals surface area contributed by atoms with Gasteiger partial charge in [0.05, 0.1) is 6.42 Å². The average molecular weight is 188 g/mol. The molecule has 1 aliphatic rings. The molecule has 68 valence electrons. The van der Waals surface area contributed by atoms with E-state index in [2.05, 4.69) is 0 Å². The summed E-state index contributed by atoms with van der Waals surface area (Å²) < 4.78 is 0. The fraction of sp³-hybridized carbons (Fsp3) is 0.750. The van der Waals surface area contributed by atoms with Gasteiger partial charge < -0.3 is 5.11 Å². The molecule has 4 heteroatoms. The van der Waals surface area contributed by atoms with Crippen molar-refractivity contribution in [3.63, 3.8) is 0 Å². The normalized spacial score (nSPS) is 22.5. The summed E-state index contributed by atoms with van der Waals surface area (Å²) in [5.74, 6) is 1.31. The minimum atomic E-state index is -0.881. The number of carboxylic acids is 1. The molecule has 1 rings (SSSR count). The maximum absolute atomic E-state index is 11.3. The van der Waals surface area contributed by atoms with Gasteiger partial charge in [0.15, 0.2) is 0 Å². The zero-order chi connectivity index (χ0) is 8.97. The molecule has 0 aromatic rings. The van der Waals surface area contributed by atoms with Gasteiger partial charge in [-0.05, 0) is 12.2 Å². The van der Waals surface area contributed by atoms with Gasteiger partial charge >= 0.3 is 5.97 Å². The second-order valence-electron chi connectivity index (χ2n) is 2.92. The van der Waals surface area contributed by atoms with Crippen molar-refractivity contribution < 1.29 is 14.7 Å². The summed E-state index contributed by atoms with van der Waals surface area (Å²) >= 11 is 1.78. The highest BCUT2D eigenvalue weighted by molar-refractivity contribution is 7.99. The fourth-order valence-electron chi connectivity index (χ4n) is 1.22. The molecule has 1 atom stereocenters. The van der Waals surface area contributed by atoms with Crippen LogP contribution in [0.25, 0.3) is 0 Å². The van der Waals surface area contributed by atoms with Crippen molar-refractivity contribution in [2.75, 3.05) is 11.5 Å². The van der Waals surface area contributed by atoms with Gasteiger partial charge in [-0.25, -0.2) is 0 Å². The summed E-state index contributed by atoms with van der Waals surface area (Å²) in [6.07, 6.45) is 1.13. The van der Waals surface area contributed by atoms with E-state index in [0.29, 0.717) is 0 Å². The Morgan fingerprint density at radius 2 is 2.17 bits per heavy atom. The highest BCUT2D eigenvalue weighted by atomic mass is 32.2. The SMILES string of the molecule is O=C(O)CCC(=O)C1CCSC1. The number of ketones is 1. The van der Waals surface area contributed by atoms with E-state index in [0.717, 1.165) is 17.9 Å². The Morgan fingerprint density at radius 3 is 2.67 bits per heavy atom. The Hall–Kier alpha value is -0.510. The highest BCUT2D eigenvalue weighted by Gasteiger charge is 2.22. The van der Waals surface area contributed by atoms with Crippen molar-refractivity contribution >= 4 is 23.5 Å². The molecule has 0 spiro atoms. The lowest BCUT2D eigenvalue weighted by Crippen LogP contribution is -2.14. The summed E-state index contributed by atoms with van der Waals surface area (Å²) in [7, 11) is 0. The van der Waals surface area contributed by atoms with Crippen LogP contribution >= 0.6 is 11.8 Å². The second-order valence-corrected chi connectivity index (χ2v) is 4.07. The second kappa shape index (κ2) is 4.50. The topological polar surface area (TPSA) is 54.4 Å². The molecule has 1 aliphatic heterocycles. The minimum Gasteiger partial charge on any atom is -0.481 e. The van der Waals surface area contributed by atoms with E-state index in [-0.39, 0.29) is 24.5 Å². The van der Waals surface area contributed by atoms with Crippen LogP contribution in [0.5, 0.6) is 0 Å². The number of rotatable bonds is 4. The van der Waals surface area contributed by atoms with Crippen LogP contribution < -0.4 is 0 Å². The molecule has 12 heavy (non-hydrogen) atoms. The van der Waals surface area contributed by atoms with Crippen LogP contribution in [-0.4, -0.2) is 28.4 Å². The molecule has 0 amide bonds. The Labute approximate surface area is 75.5 Å². The third kappa shape index (κ3) is 2.85. The Morgan fingerprint density at radius 1 is 1.42 bits per heavy atom. The minimum absolute atomic E-state index is 0.0139. The number of carbonyl (C=O) groups is 2. The third-order valence-corrected chi connectivity index (χ3v) is 3.13. The Balaban J connectivity index is 2.23. The first-order chi connectivity index (χ1) is 5.70. The van der Waals surface area contributed by atoms with E-state index in [1.54, 1.807) is 11.8 Å². The molecular weight excluding hydrogens is 176 g/mol. The number of hydrogen-bond donors (Lipinski definition) is 1. The molecule has 1 N–H and O–H groups in total. The van der Waals surface area contributed by atoms with E-state index in [1.807, 2.05) is 0 Å². The quantitative estimate of drug-likeness (QED) is 0.719. The van der Waals surface area contributed by atoms with E-state index in [1.165, 1.54) is 0 Å². The first-order valence-electron chi connectivity index (χ1n) is 4.02. The largest absolute Gasteiger partial charge is 0.481 e. The summed E-state index contributed by atoms with van der Waals surface area (Å²) in [5, 5.41) is 8.35. The predicted octanol–water partition coefficient (Wildman–Crippen LogP) is 1.17. The lowest BCUT2D eigenvalue weighted by Gasteiger charge is -2.04. The van der Waals surface area contributed by atoms with Crippen LogP contribution in [0, 0.1) is 5.92 Å². The van der Waals surface area contributed by atoms with E-state index >= 15 is 0 Å². The summed E-state index contributed by atoms with van der Waals surface area (Å²) in [4.78, 5) is 21.4. The number of aliphatic carboxylic acids is 1. The van der Waals surface area contributed by atoms with E-state index < -0.39 is 5.97 Å². The number of Topliss-reactive ketones (excluding diaryl/α,β-unsaturated/α-hetero) is 1. The van der Waals surface area contributed by atoms with Crippen LogP contribution in [-0.2, 0) is 9.59 Å². The maximum atomic E-state index is 11.3. The molecule has 0 saturated carbocycles. The van der Waals surface area contributed by atoms with Gasteiger partial charge in [-0.1, -0.05) is 0 Å². The van der Waals surface area contributed by atoms with Crippen LogP contribution in [0.4, 0.5) is 0 Å². The number of carboxylic acid groups (broad SMARTS) is 1. The zero-order valence-corrected chi connectivity index (χ0v) is 7.60. The van der Waals surface area contributed by atoms with Gasteiger partial charge in [-0.2, -0.15) is 11.8 Å². The van der Waals surface area contributed by atoms with Gasteiger partial charge in [0.1, 0.15) is 5.78 Å². The standard InChI is InChI=1S/C8H12O3S/c9-7(1-2-8(10)11)6-3-4-12-5-6/h6H,1-5H2,(H,10,11). The maximum Gasteiger partial charge on any atom is 0.303 e. The van der Waals surface area contributed by atoms with Crippen LogP contribution in [0.2, 0.25) is 0 Å². The average Bonchev–Trinajstić information content (AvgIpc) is 2.51. The molecule has 3 nitrogen and oxygen atoms in total. The third-order valence-electron chi connectivity index (χ3n) is 1.97.